The van der Waals surface area contributed by atoms with Gasteiger partial charge in [-0.3, -0.25) is 9.89 Å². The quantitative estimate of drug-likeness (QED) is 0.812. The third kappa shape index (κ3) is 3.09. The van der Waals surface area contributed by atoms with E-state index in [1.807, 2.05) is 11.5 Å². The summed E-state index contributed by atoms with van der Waals surface area (Å²) >= 11 is 5.19. The van der Waals surface area contributed by atoms with Crippen LogP contribution in [0.15, 0.2) is 0 Å². The van der Waals surface area contributed by atoms with Crippen molar-refractivity contribution in [3.05, 3.63) is 10.6 Å². The van der Waals surface area contributed by atoms with Crippen LogP contribution in [0, 0.1) is 4.77 Å². The third-order valence-electron chi connectivity index (χ3n) is 3.63. The van der Waals surface area contributed by atoms with Gasteiger partial charge in [-0.1, -0.05) is 0 Å². The van der Waals surface area contributed by atoms with E-state index >= 15 is 0 Å². The largest absolute Gasteiger partial charge is 0.365 e. The monoisotopic (exact) mass is 298 g/mol. The van der Waals surface area contributed by atoms with E-state index in [0.29, 0.717) is 24.3 Å². The molecule has 0 bridgehead atoms. The predicted octanol–water partition coefficient (Wildman–Crippen LogP) is 1.75. The summed E-state index contributed by atoms with van der Waals surface area (Å²) in [6.45, 7) is 7.15. The molecule has 0 radical (unpaired) electrons. The van der Waals surface area contributed by atoms with Gasteiger partial charge in [0.1, 0.15) is 11.4 Å². The van der Waals surface area contributed by atoms with Crippen LogP contribution in [0.5, 0.6) is 0 Å². The number of amides is 1. The number of hydrogen-bond acceptors (Lipinski definition) is 4. The second kappa shape index (κ2) is 6.05. The van der Waals surface area contributed by atoms with Crippen LogP contribution in [0.1, 0.15) is 45.5 Å². The number of carbonyl (C=O) groups is 1. The van der Waals surface area contributed by atoms with Crippen molar-refractivity contribution in [3.63, 3.8) is 0 Å². The molecule has 1 atom stereocenters. The van der Waals surface area contributed by atoms with Crippen LogP contribution in [-0.4, -0.2) is 39.4 Å². The second-order valence-corrected chi connectivity index (χ2v) is 5.98. The number of aromatic nitrogens is 3. The van der Waals surface area contributed by atoms with Crippen LogP contribution < -0.4 is 5.32 Å². The molecule has 6 nitrogen and oxygen atoms in total. The second-order valence-electron chi connectivity index (χ2n) is 5.60. The van der Waals surface area contributed by atoms with E-state index in [-0.39, 0.29) is 11.9 Å². The van der Waals surface area contributed by atoms with Gasteiger partial charge >= 0.3 is 0 Å². The number of rotatable bonds is 5. The number of H-pyrrole nitrogens is 1. The van der Waals surface area contributed by atoms with E-state index in [2.05, 4.69) is 29.4 Å². The fourth-order valence-corrected chi connectivity index (χ4v) is 2.84. The van der Waals surface area contributed by atoms with Crippen molar-refractivity contribution < 1.29 is 9.53 Å². The van der Waals surface area contributed by atoms with Crippen LogP contribution in [-0.2, 0) is 16.0 Å². The Bertz CT molecular complexity index is 529. The molecule has 2 heterocycles. The first-order valence-corrected chi connectivity index (χ1v) is 7.43. The number of nitrogens with one attached hydrogen (secondary N) is 2. The first kappa shape index (κ1) is 15.2. The van der Waals surface area contributed by atoms with E-state index in [1.54, 1.807) is 0 Å². The molecule has 20 heavy (non-hydrogen) atoms. The fourth-order valence-electron chi connectivity index (χ4n) is 2.48. The molecule has 7 heteroatoms. The molecule has 1 aromatic rings. The summed E-state index contributed by atoms with van der Waals surface area (Å²) in [6.07, 6.45) is 2.37. The van der Waals surface area contributed by atoms with Gasteiger partial charge in [0, 0.05) is 25.6 Å². The van der Waals surface area contributed by atoms with Crippen molar-refractivity contribution in [1.82, 2.24) is 20.1 Å². The Kier molecular flexibility index (Phi) is 4.59. The van der Waals surface area contributed by atoms with Crippen molar-refractivity contribution in [3.8, 4) is 0 Å². The van der Waals surface area contributed by atoms with Crippen LogP contribution in [0.25, 0.3) is 0 Å². The lowest BCUT2D eigenvalue weighted by Gasteiger charge is -2.21. The Balaban J connectivity index is 1.90. The van der Waals surface area contributed by atoms with Crippen molar-refractivity contribution >= 4 is 18.1 Å². The summed E-state index contributed by atoms with van der Waals surface area (Å²) in [4.78, 5) is 12.1. The average Bonchev–Trinajstić information content (AvgIpc) is 2.97. The smallest absolute Gasteiger partial charge is 0.251 e. The first-order chi connectivity index (χ1) is 9.44. The summed E-state index contributed by atoms with van der Waals surface area (Å²) in [5.74, 6) is 0.822. The van der Waals surface area contributed by atoms with Gasteiger partial charge in [-0.05, 0) is 45.8 Å². The van der Waals surface area contributed by atoms with Crippen LogP contribution in [0.4, 0.5) is 0 Å². The van der Waals surface area contributed by atoms with Gasteiger partial charge < -0.3 is 14.6 Å². The van der Waals surface area contributed by atoms with Gasteiger partial charge in [0.05, 0.1) is 0 Å². The minimum atomic E-state index is -0.664. The lowest BCUT2D eigenvalue weighted by molar-refractivity contribution is -0.139. The maximum atomic E-state index is 12.1. The lowest BCUT2D eigenvalue weighted by Crippen LogP contribution is -2.44. The van der Waals surface area contributed by atoms with Gasteiger partial charge in [-0.2, -0.15) is 5.10 Å². The minimum absolute atomic E-state index is 0.0415. The highest BCUT2D eigenvalue weighted by Crippen LogP contribution is 2.24. The summed E-state index contributed by atoms with van der Waals surface area (Å²) in [5.41, 5.74) is -0.664. The van der Waals surface area contributed by atoms with E-state index in [4.69, 9.17) is 17.0 Å². The fraction of sp³-hybridized carbons (Fsp3) is 0.769. The summed E-state index contributed by atoms with van der Waals surface area (Å²) < 4.78 is 8.10. The number of nitrogens with zero attached hydrogens (tertiary/aromatic N) is 2. The lowest BCUT2D eigenvalue weighted by atomic mass is 10.0. The summed E-state index contributed by atoms with van der Waals surface area (Å²) in [5, 5.41) is 9.93. The molecular weight excluding hydrogens is 276 g/mol. The van der Waals surface area contributed by atoms with E-state index < -0.39 is 5.60 Å². The highest BCUT2D eigenvalue weighted by molar-refractivity contribution is 7.71. The summed E-state index contributed by atoms with van der Waals surface area (Å²) in [7, 11) is 0. The van der Waals surface area contributed by atoms with Gasteiger partial charge in [-0.15, -0.1) is 0 Å². The number of hydrogen-bond donors (Lipinski definition) is 2. The molecule has 0 saturated carbocycles. The Hall–Kier alpha value is -1.21. The van der Waals surface area contributed by atoms with Crippen molar-refractivity contribution in [2.75, 3.05) is 13.2 Å². The van der Waals surface area contributed by atoms with Crippen molar-refractivity contribution in [2.45, 2.75) is 51.7 Å². The number of carbonyl (C=O) groups excluding carboxylic acids is 1. The molecular formula is C13H22N4O2S. The molecule has 0 aromatic carbocycles. The summed E-state index contributed by atoms with van der Waals surface area (Å²) in [6, 6.07) is 0.252. The van der Waals surface area contributed by atoms with Crippen LogP contribution >= 0.6 is 12.2 Å². The maximum Gasteiger partial charge on any atom is 0.251 e. The molecule has 0 spiro atoms. The minimum Gasteiger partial charge on any atom is -0.365 e. The Morgan fingerprint density at radius 2 is 2.40 bits per heavy atom. The van der Waals surface area contributed by atoms with Gasteiger partial charge in [-0.25, -0.2) is 0 Å². The molecule has 1 aromatic heterocycles. The topological polar surface area (TPSA) is 71.9 Å². The van der Waals surface area contributed by atoms with Gasteiger partial charge in [0.15, 0.2) is 4.77 Å². The highest BCUT2D eigenvalue weighted by Gasteiger charge is 2.37. The Labute approximate surface area is 123 Å². The molecule has 112 valence electrons. The zero-order valence-electron chi connectivity index (χ0n) is 12.2. The van der Waals surface area contributed by atoms with E-state index in [9.17, 15) is 4.79 Å². The van der Waals surface area contributed by atoms with Gasteiger partial charge in [0.2, 0.25) is 0 Å². The maximum absolute atomic E-state index is 12.1. The Morgan fingerprint density at radius 3 is 3.00 bits per heavy atom. The van der Waals surface area contributed by atoms with Crippen LogP contribution in [0.3, 0.4) is 0 Å². The third-order valence-corrected chi connectivity index (χ3v) is 3.92. The normalized spacial score (nSPS) is 22.4. The van der Waals surface area contributed by atoms with Gasteiger partial charge in [0.25, 0.3) is 5.91 Å². The standard InChI is InChI=1S/C13H22N4O2S/c1-9(2)17-10(15-16-12(17)20)5-7-14-11(18)13(3)6-4-8-19-13/h9H,4-8H2,1-3H3,(H,14,18)(H,16,20)/t13-/m1/s1. The zero-order valence-corrected chi connectivity index (χ0v) is 13.0. The molecule has 0 unspecified atom stereocenters. The van der Waals surface area contributed by atoms with Crippen LogP contribution in [0.2, 0.25) is 0 Å². The molecule has 1 saturated heterocycles. The molecule has 0 aliphatic carbocycles. The van der Waals surface area contributed by atoms with Crippen molar-refractivity contribution in [2.24, 2.45) is 0 Å². The molecule has 1 aliphatic rings. The molecule has 1 fully saturated rings. The average molecular weight is 298 g/mol. The molecule has 2 rings (SSSR count). The SMILES string of the molecule is CC(C)n1c(CCNC(=O)[C@@]2(C)CCCO2)n[nH]c1=S. The number of aromatic amines is 1. The first-order valence-electron chi connectivity index (χ1n) is 7.02. The Morgan fingerprint density at radius 1 is 1.65 bits per heavy atom. The predicted molar refractivity (Wildman–Crippen MR) is 78.1 cm³/mol. The van der Waals surface area contributed by atoms with E-state index in [0.717, 1.165) is 18.7 Å². The van der Waals surface area contributed by atoms with Crippen molar-refractivity contribution in [1.29, 1.82) is 0 Å². The zero-order chi connectivity index (χ0) is 14.8. The van der Waals surface area contributed by atoms with E-state index in [1.165, 1.54) is 0 Å². The molecule has 1 aliphatic heterocycles. The molecule has 1 amide bonds. The molecule has 2 N–H and O–H groups in total. The number of ether oxygens (including phenoxy) is 1. The highest BCUT2D eigenvalue weighted by atomic mass is 32.1.